The second-order valence-electron chi connectivity index (χ2n) is 8.50. The van der Waals surface area contributed by atoms with E-state index in [4.69, 9.17) is 6.57 Å². The quantitative estimate of drug-likeness (QED) is 0.454. The van der Waals surface area contributed by atoms with Crippen molar-refractivity contribution in [2.24, 2.45) is 0 Å². The molecular weight excluding hydrogens is 511 g/mol. The van der Waals surface area contributed by atoms with Crippen molar-refractivity contribution in [3.63, 3.8) is 0 Å². The fourth-order valence-electron chi connectivity index (χ4n) is 4.66. The van der Waals surface area contributed by atoms with Gasteiger partial charge >= 0.3 is 5.92 Å². The average Bonchev–Trinajstić information content (AvgIpc) is 3.17. The largest absolute Gasteiger partial charge is 0.336 e. The Morgan fingerprint density at radius 3 is 2.68 bits per heavy atom. The van der Waals surface area contributed by atoms with Gasteiger partial charge in [0.2, 0.25) is 5.95 Å². The number of anilines is 1. The molecule has 0 unspecified atom stereocenters. The maximum atomic E-state index is 15.4. The molecule has 0 N–H and O–H groups in total. The van der Waals surface area contributed by atoms with Crippen LogP contribution in [0, 0.1) is 12.4 Å². The summed E-state index contributed by atoms with van der Waals surface area (Å²) in [6, 6.07) is 11.4. The molecule has 1 aromatic heterocycles. The summed E-state index contributed by atoms with van der Waals surface area (Å²) in [5, 5.41) is 0. The summed E-state index contributed by atoms with van der Waals surface area (Å²) < 4.78 is 46.2. The van der Waals surface area contributed by atoms with Gasteiger partial charge in [0, 0.05) is 32.7 Å². The van der Waals surface area contributed by atoms with Crippen molar-refractivity contribution in [1.29, 1.82) is 0 Å². The smallest absolute Gasteiger partial charge is 0.300 e. The Kier molecular flexibility index (Phi) is 5.70. The maximum Gasteiger partial charge on any atom is 0.300 e. The molecule has 0 atom stereocenters. The Balaban J connectivity index is 1.45. The Labute approximate surface area is 202 Å². The van der Waals surface area contributed by atoms with E-state index in [1.807, 2.05) is 0 Å². The monoisotopic (exact) mass is 529 g/mol. The molecule has 3 heterocycles. The molecule has 5 rings (SSSR count). The normalized spacial score (nSPS) is 16.7. The zero-order valence-electron chi connectivity index (χ0n) is 17.9. The van der Waals surface area contributed by atoms with E-state index in [1.165, 1.54) is 15.5 Å². The minimum atomic E-state index is -3.24. The molecule has 0 saturated heterocycles. The molecule has 0 aliphatic carbocycles. The molecule has 0 amide bonds. The number of nitrogens with zero attached hydrogens (tertiary/aromatic N) is 5. The van der Waals surface area contributed by atoms with Gasteiger partial charge in [-0.25, -0.2) is 9.24 Å². The molecular formula is C24H19BrF3N5O. The van der Waals surface area contributed by atoms with Gasteiger partial charge in [-0.1, -0.05) is 30.3 Å². The fourth-order valence-corrected chi connectivity index (χ4v) is 5.08. The van der Waals surface area contributed by atoms with E-state index in [2.05, 4.69) is 25.8 Å². The van der Waals surface area contributed by atoms with Gasteiger partial charge in [-0.15, -0.1) is 0 Å². The predicted octanol–water partition coefficient (Wildman–Crippen LogP) is 4.82. The van der Waals surface area contributed by atoms with Crippen LogP contribution in [0.1, 0.15) is 22.4 Å². The summed E-state index contributed by atoms with van der Waals surface area (Å²) in [4.78, 5) is 23.7. The molecule has 174 valence electrons. The molecule has 3 aromatic rings. The van der Waals surface area contributed by atoms with Gasteiger partial charge in [-0.05, 0) is 39.2 Å². The van der Waals surface area contributed by atoms with Crippen molar-refractivity contribution in [2.75, 3.05) is 18.0 Å². The summed E-state index contributed by atoms with van der Waals surface area (Å²) in [5.74, 6) is -3.42. The minimum Gasteiger partial charge on any atom is -0.336 e. The number of aromatic nitrogens is 2. The van der Waals surface area contributed by atoms with Crippen LogP contribution in [0.25, 0.3) is 4.85 Å². The number of fused-ring (bicyclic) bond motifs is 3. The van der Waals surface area contributed by atoms with Crippen molar-refractivity contribution in [2.45, 2.75) is 32.1 Å². The van der Waals surface area contributed by atoms with Crippen molar-refractivity contribution in [3.05, 3.63) is 96.9 Å². The molecule has 0 spiro atoms. The van der Waals surface area contributed by atoms with Gasteiger partial charge in [0.15, 0.2) is 5.69 Å². The number of alkyl halides is 2. The van der Waals surface area contributed by atoms with Crippen LogP contribution >= 0.6 is 15.9 Å². The van der Waals surface area contributed by atoms with Gasteiger partial charge < -0.3 is 9.47 Å². The van der Waals surface area contributed by atoms with Crippen molar-refractivity contribution in [3.8, 4) is 0 Å². The number of hydrogen-bond donors (Lipinski definition) is 0. The molecule has 0 saturated carbocycles. The number of halogens is 4. The summed E-state index contributed by atoms with van der Waals surface area (Å²) >= 11 is 3.16. The second-order valence-corrected chi connectivity index (χ2v) is 9.35. The molecule has 6 nitrogen and oxygen atoms in total. The van der Waals surface area contributed by atoms with Crippen LogP contribution in [0.15, 0.2) is 51.7 Å². The van der Waals surface area contributed by atoms with Crippen LogP contribution in [0.2, 0.25) is 0 Å². The Hall–Kier alpha value is -3.16. The van der Waals surface area contributed by atoms with Gasteiger partial charge in [0.1, 0.15) is 11.5 Å². The molecule has 2 aliphatic heterocycles. The van der Waals surface area contributed by atoms with E-state index < -0.39 is 18.0 Å². The Morgan fingerprint density at radius 2 is 1.91 bits per heavy atom. The van der Waals surface area contributed by atoms with Gasteiger partial charge in [-0.2, -0.15) is 13.8 Å². The van der Waals surface area contributed by atoms with E-state index in [0.29, 0.717) is 23.2 Å². The summed E-state index contributed by atoms with van der Waals surface area (Å²) in [5.41, 5.74) is 1.03. The minimum absolute atomic E-state index is 0.00714. The standard InChI is InChI=1S/C24H19BrF3N5O/c1-29-17-4-2-3-15(9-17)11-31-13-18-21(24(27,28)14-31)33-8-7-32(23(33)30-22(18)34)12-16-5-6-20(26)19(25)10-16/h2-6,9-10H,7-8,11-14H2. The second kappa shape index (κ2) is 8.56. The Bertz CT molecular complexity index is 1380. The lowest BCUT2D eigenvalue weighted by atomic mass is 10.0. The molecule has 0 bridgehead atoms. The van der Waals surface area contributed by atoms with Crippen LogP contribution in [0.5, 0.6) is 0 Å². The SMILES string of the molecule is [C-]#[N+]c1cccc(CN2Cc3c(n4c(nc3=O)N(Cc3ccc(F)c(Br)c3)CC4)C(F)(F)C2)c1. The summed E-state index contributed by atoms with van der Waals surface area (Å²) in [6.07, 6.45) is 0. The molecule has 2 aliphatic rings. The zero-order chi connectivity index (χ0) is 24.0. The third kappa shape index (κ3) is 4.10. The van der Waals surface area contributed by atoms with E-state index in [-0.39, 0.29) is 42.7 Å². The van der Waals surface area contributed by atoms with Crippen LogP contribution in [0.4, 0.5) is 24.8 Å². The van der Waals surface area contributed by atoms with Gasteiger partial charge in [0.05, 0.1) is 23.2 Å². The number of hydrogen-bond acceptors (Lipinski definition) is 4. The molecule has 0 fully saturated rings. The van der Waals surface area contributed by atoms with Gasteiger partial charge in [0.25, 0.3) is 5.56 Å². The molecule has 2 aromatic carbocycles. The highest BCUT2D eigenvalue weighted by atomic mass is 79.9. The molecule has 0 radical (unpaired) electrons. The van der Waals surface area contributed by atoms with E-state index in [1.54, 1.807) is 41.3 Å². The highest BCUT2D eigenvalue weighted by molar-refractivity contribution is 9.10. The molecule has 10 heteroatoms. The first-order chi connectivity index (χ1) is 16.2. The lowest BCUT2D eigenvalue weighted by Crippen LogP contribution is -2.45. The summed E-state index contributed by atoms with van der Waals surface area (Å²) in [7, 11) is 0. The maximum absolute atomic E-state index is 15.4. The van der Waals surface area contributed by atoms with Crippen molar-refractivity contribution >= 4 is 27.6 Å². The van der Waals surface area contributed by atoms with E-state index in [0.717, 1.165) is 11.1 Å². The van der Waals surface area contributed by atoms with Crippen LogP contribution in [-0.2, 0) is 32.1 Å². The average molecular weight is 530 g/mol. The van der Waals surface area contributed by atoms with E-state index >= 15 is 8.78 Å². The van der Waals surface area contributed by atoms with Crippen molar-refractivity contribution < 1.29 is 13.2 Å². The first-order valence-electron chi connectivity index (χ1n) is 10.6. The lowest BCUT2D eigenvalue weighted by Gasteiger charge is -2.35. The number of benzene rings is 2. The lowest BCUT2D eigenvalue weighted by molar-refractivity contribution is -0.0621. The third-order valence-corrected chi connectivity index (χ3v) is 6.69. The Morgan fingerprint density at radius 1 is 1.12 bits per heavy atom. The van der Waals surface area contributed by atoms with Crippen LogP contribution < -0.4 is 10.5 Å². The van der Waals surface area contributed by atoms with Crippen LogP contribution in [0.3, 0.4) is 0 Å². The third-order valence-electron chi connectivity index (χ3n) is 6.09. The van der Waals surface area contributed by atoms with E-state index in [9.17, 15) is 9.18 Å². The highest BCUT2D eigenvalue weighted by Gasteiger charge is 2.46. The first kappa shape index (κ1) is 22.6. The zero-order valence-corrected chi connectivity index (χ0v) is 19.5. The molecule has 34 heavy (non-hydrogen) atoms. The number of rotatable bonds is 4. The van der Waals surface area contributed by atoms with Crippen molar-refractivity contribution in [1.82, 2.24) is 14.5 Å². The predicted molar refractivity (Wildman–Crippen MR) is 124 cm³/mol. The highest BCUT2D eigenvalue weighted by Crippen LogP contribution is 2.39. The topological polar surface area (TPSA) is 45.7 Å². The fraction of sp³-hybridized carbons (Fsp3) is 0.292. The first-order valence-corrected chi connectivity index (χ1v) is 11.4. The summed E-state index contributed by atoms with van der Waals surface area (Å²) in [6.45, 7) is 7.89. The van der Waals surface area contributed by atoms with Gasteiger partial charge in [-0.3, -0.25) is 9.69 Å². The van der Waals surface area contributed by atoms with Crippen LogP contribution in [-0.4, -0.2) is 27.5 Å².